The van der Waals surface area contributed by atoms with Crippen LogP contribution >= 0.6 is 0 Å². The normalized spacial score (nSPS) is 13.6. The first-order valence-corrected chi connectivity index (χ1v) is 14.8. The van der Waals surface area contributed by atoms with E-state index in [9.17, 15) is 19.5 Å². The number of amides is 1. The van der Waals surface area contributed by atoms with E-state index in [0.29, 0.717) is 39.1 Å². The molecule has 1 fully saturated rings. The van der Waals surface area contributed by atoms with Gasteiger partial charge in [-0.15, -0.1) is 0 Å². The van der Waals surface area contributed by atoms with Crippen LogP contribution in [0.1, 0.15) is 22.3 Å². The average Bonchev–Trinajstić information content (AvgIpc) is 3.62. The molecule has 1 saturated heterocycles. The minimum Gasteiger partial charge on any atom is -0.507 e. The number of carbonyl (C=O) groups is 2. The number of hydrogen-bond acceptors (Lipinski definition) is 6. The fourth-order valence-electron chi connectivity index (χ4n) is 5.54. The van der Waals surface area contributed by atoms with Gasteiger partial charge in [-0.25, -0.2) is 4.98 Å². The van der Waals surface area contributed by atoms with Gasteiger partial charge in [-0.1, -0.05) is 60.7 Å². The van der Waals surface area contributed by atoms with Gasteiger partial charge in [0.15, 0.2) is 0 Å². The van der Waals surface area contributed by atoms with Crippen molar-refractivity contribution < 1.29 is 14.7 Å². The molecule has 0 unspecified atom stereocenters. The predicted molar refractivity (Wildman–Crippen MR) is 173 cm³/mol. The second-order valence-corrected chi connectivity index (χ2v) is 11.0. The molecule has 0 aliphatic carbocycles. The van der Waals surface area contributed by atoms with Gasteiger partial charge in [0.2, 0.25) is 5.78 Å². The van der Waals surface area contributed by atoms with Gasteiger partial charge in [0, 0.05) is 62.2 Å². The number of imidazole rings is 1. The summed E-state index contributed by atoms with van der Waals surface area (Å²) in [7, 11) is 0. The minimum absolute atomic E-state index is 0.0236. The molecule has 226 valence electrons. The molecule has 1 amide bonds. The van der Waals surface area contributed by atoms with E-state index in [0.717, 1.165) is 34.1 Å². The van der Waals surface area contributed by atoms with E-state index < -0.39 is 23.0 Å². The lowest BCUT2D eigenvalue weighted by atomic mass is 10.0. The van der Waals surface area contributed by atoms with Crippen molar-refractivity contribution in [2.45, 2.75) is 13.0 Å². The zero-order valence-electron chi connectivity index (χ0n) is 24.7. The standard InChI is InChI=1S/C36H33N5O4/c42-33(32-22-29(21-27-7-3-1-4-8-27)25-41(35(32)44)24-28-9-5-2-6-10-28)23-34(43)36(45)39-19-17-38(18-20-39)30-11-13-31(14-12-30)40-16-15-37-26-40/h1-16,22-23,25-26,42H,17-21,24H2/b33-23+. The highest BCUT2D eigenvalue weighted by Gasteiger charge is 2.26. The van der Waals surface area contributed by atoms with E-state index in [2.05, 4.69) is 9.88 Å². The Balaban J connectivity index is 1.16. The molecule has 5 aromatic rings. The highest BCUT2D eigenvalue weighted by molar-refractivity contribution is 6.41. The summed E-state index contributed by atoms with van der Waals surface area (Å²) in [6.07, 6.45) is 8.52. The van der Waals surface area contributed by atoms with Crippen molar-refractivity contribution in [2.75, 3.05) is 31.1 Å². The van der Waals surface area contributed by atoms with Crippen molar-refractivity contribution in [2.24, 2.45) is 0 Å². The van der Waals surface area contributed by atoms with Crippen molar-refractivity contribution in [3.8, 4) is 5.69 Å². The molecule has 45 heavy (non-hydrogen) atoms. The first-order valence-electron chi connectivity index (χ1n) is 14.8. The number of aromatic nitrogens is 3. The Bertz CT molecular complexity index is 1860. The summed E-state index contributed by atoms with van der Waals surface area (Å²) in [5, 5.41) is 11.0. The van der Waals surface area contributed by atoms with Crippen LogP contribution in [0.3, 0.4) is 0 Å². The Labute approximate surface area is 260 Å². The van der Waals surface area contributed by atoms with Gasteiger partial charge < -0.3 is 24.0 Å². The number of aliphatic hydroxyl groups excluding tert-OH is 1. The molecule has 2 aromatic heterocycles. The van der Waals surface area contributed by atoms with E-state index in [4.69, 9.17) is 0 Å². The van der Waals surface area contributed by atoms with E-state index >= 15 is 0 Å². The second-order valence-electron chi connectivity index (χ2n) is 11.0. The molecule has 1 aliphatic rings. The fraction of sp³-hybridized carbons (Fsp3) is 0.167. The lowest BCUT2D eigenvalue weighted by molar-refractivity contribution is -0.142. The van der Waals surface area contributed by atoms with E-state index in [-0.39, 0.29) is 5.56 Å². The maximum absolute atomic E-state index is 13.5. The predicted octanol–water partition coefficient (Wildman–Crippen LogP) is 4.49. The molecule has 9 heteroatoms. The first kappa shape index (κ1) is 29.4. The number of hydrogen-bond donors (Lipinski definition) is 1. The molecule has 3 heterocycles. The van der Waals surface area contributed by atoms with Crippen LogP contribution in [-0.4, -0.2) is 62.0 Å². The van der Waals surface area contributed by atoms with Gasteiger partial charge in [0.25, 0.3) is 11.5 Å². The molecular formula is C36H33N5O4. The fourth-order valence-corrected chi connectivity index (χ4v) is 5.54. The quantitative estimate of drug-likeness (QED) is 0.152. The highest BCUT2D eigenvalue weighted by atomic mass is 16.3. The molecular weight excluding hydrogens is 566 g/mol. The number of carbonyl (C=O) groups excluding carboxylic acids is 2. The van der Waals surface area contributed by atoms with Gasteiger partial charge in [-0.2, -0.15) is 0 Å². The maximum Gasteiger partial charge on any atom is 0.294 e. The minimum atomic E-state index is -0.867. The summed E-state index contributed by atoms with van der Waals surface area (Å²) in [6, 6.07) is 29.0. The number of nitrogens with zero attached hydrogens (tertiary/aromatic N) is 5. The topological polar surface area (TPSA) is 101 Å². The van der Waals surface area contributed by atoms with Crippen molar-refractivity contribution in [1.29, 1.82) is 0 Å². The summed E-state index contributed by atoms with van der Waals surface area (Å²) < 4.78 is 3.45. The summed E-state index contributed by atoms with van der Waals surface area (Å²) in [4.78, 5) is 47.3. The lowest BCUT2D eigenvalue weighted by Crippen LogP contribution is -2.50. The summed E-state index contributed by atoms with van der Waals surface area (Å²) in [6.45, 7) is 2.14. The molecule has 1 N–H and O–H groups in total. The second kappa shape index (κ2) is 13.3. The van der Waals surface area contributed by atoms with Crippen molar-refractivity contribution in [1.82, 2.24) is 19.0 Å². The van der Waals surface area contributed by atoms with Gasteiger partial charge in [-0.05, 0) is 53.4 Å². The molecule has 0 bridgehead atoms. The molecule has 0 atom stereocenters. The third-order valence-electron chi connectivity index (χ3n) is 7.93. The van der Waals surface area contributed by atoms with E-state index in [1.165, 1.54) is 9.47 Å². The van der Waals surface area contributed by atoms with Crippen molar-refractivity contribution >= 4 is 23.1 Å². The third kappa shape index (κ3) is 6.94. The molecule has 6 rings (SSSR count). The van der Waals surface area contributed by atoms with Crippen molar-refractivity contribution in [3.63, 3.8) is 0 Å². The molecule has 9 nitrogen and oxygen atoms in total. The lowest BCUT2D eigenvalue weighted by Gasteiger charge is -2.35. The van der Waals surface area contributed by atoms with Crippen LogP contribution < -0.4 is 10.5 Å². The molecule has 3 aromatic carbocycles. The number of benzene rings is 3. The average molecular weight is 600 g/mol. The van der Waals surface area contributed by atoms with E-state index in [1.54, 1.807) is 24.8 Å². The zero-order chi connectivity index (χ0) is 31.2. The first-order chi connectivity index (χ1) is 21.9. The monoisotopic (exact) mass is 599 g/mol. The number of piperazine rings is 1. The van der Waals surface area contributed by atoms with Gasteiger partial charge >= 0.3 is 0 Å². The SMILES string of the molecule is O=C(/C=C(/O)c1cc(Cc2ccccc2)cn(Cc2ccccc2)c1=O)C(=O)N1CCN(c2ccc(-n3ccnc3)cc2)CC1. The number of ketones is 1. The zero-order valence-corrected chi connectivity index (χ0v) is 24.7. The number of rotatable bonds is 9. The Hall–Kier alpha value is -5.70. The Morgan fingerprint density at radius 1 is 0.800 bits per heavy atom. The van der Waals surface area contributed by atoms with Crippen LogP contribution in [0.15, 0.2) is 127 Å². The van der Waals surface area contributed by atoms with Crippen LogP contribution in [0.4, 0.5) is 5.69 Å². The molecule has 0 radical (unpaired) electrons. The van der Waals surface area contributed by atoms with Crippen molar-refractivity contribution in [3.05, 3.63) is 155 Å². The largest absolute Gasteiger partial charge is 0.507 e. The number of aliphatic hydroxyl groups is 1. The Morgan fingerprint density at radius 3 is 2.09 bits per heavy atom. The highest BCUT2D eigenvalue weighted by Crippen LogP contribution is 2.20. The van der Waals surface area contributed by atoms with Gasteiger partial charge in [-0.3, -0.25) is 14.4 Å². The van der Waals surface area contributed by atoms with Crippen LogP contribution in [0.5, 0.6) is 0 Å². The van der Waals surface area contributed by atoms with Crippen LogP contribution in [0.2, 0.25) is 0 Å². The third-order valence-corrected chi connectivity index (χ3v) is 7.93. The molecule has 1 aliphatic heterocycles. The van der Waals surface area contributed by atoms with Gasteiger partial charge in [0.05, 0.1) is 18.4 Å². The van der Waals surface area contributed by atoms with E-state index in [1.807, 2.05) is 95.7 Å². The van der Waals surface area contributed by atoms with Gasteiger partial charge in [0.1, 0.15) is 5.76 Å². The molecule has 0 spiro atoms. The summed E-state index contributed by atoms with van der Waals surface area (Å²) in [5.74, 6) is -2.10. The maximum atomic E-state index is 13.5. The smallest absolute Gasteiger partial charge is 0.294 e. The summed E-state index contributed by atoms with van der Waals surface area (Å²) >= 11 is 0. The molecule has 0 saturated carbocycles. The number of anilines is 1. The van der Waals surface area contributed by atoms with Crippen LogP contribution in [0, 0.1) is 0 Å². The van der Waals surface area contributed by atoms with Crippen LogP contribution in [0.25, 0.3) is 11.4 Å². The Kier molecular flexibility index (Phi) is 8.68. The number of pyridine rings is 1. The summed E-state index contributed by atoms with van der Waals surface area (Å²) in [5.41, 5.74) is 4.31. The Morgan fingerprint density at radius 2 is 1.44 bits per heavy atom. The van der Waals surface area contributed by atoms with Crippen LogP contribution in [-0.2, 0) is 22.6 Å².